The van der Waals surface area contributed by atoms with Crippen LogP contribution in [0.3, 0.4) is 0 Å². The number of hydrogen-bond acceptors (Lipinski definition) is 3. The van der Waals surface area contributed by atoms with Crippen molar-refractivity contribution < 1.29 is 0 Å². The molecule has 0 atom stereocenters. The Morgan fingerprint density at radius 1 is 1.00 bits per heavy atom. The summed E-state index contributed by atoms with van der Waals surface area (Å²) in [6.07, 6.45) is 3.14. The molecule has 4 nitrogen and oxygen atoms in total. The molecule has 0 saturated heterocycles. The first-order valence-corrected chi connectivity index (χ1v) is 11.2. The van der Waals surface area contributed by atoms with Crippen LogP contribution in [0.25, 0.3) is 0 Å². The van der Waals surface area contributed by atoms with Crippen molar-refractivity contribution in [3.05, 3.63) is 87.0 Å². The molecule has 3 aromatic rings. The Balaban J connectivity index is 1.77. The number of hydrogen-bond donors (Lipinski definition) is 0. The lowest BCUT2D eigenvalue weighted by atomic mass is 10.1. The predicted octanol–water partition coefficient (Wildman–Crippen LogP) is 5.40. The van der Waals surface area contributed by atoms with E-state index in [9.17, 15) is 5.26 Å². The van der Waals surface area contributed by atoms with Crippen LogP contribution in [0.1, 0.15) is 42.4 Å². The number of nitriles is 1. The fraction of sp³-hybridized carbons (Fsp3) is 0.333. The molecule has 150 valence electrons. The average Bonchev–Trinajstić information content (AvgIpc) is 3.06. The van der Waals surface area contributed by atoms with Gasteiger partial charge in [-0.1, -0.05) is 74.0 Å². The van der Waals surface area contributed by atoms with Gasteiger partial charge in [-0.3, -0.25) is 4.90 Å². The first kappa shape index (κ1) is 21.5. The molecule has 2 aromatic carbocycles. The highest BCUT2D eigenvalue weighted by atomic mass is 127. The highest BCUT2D eigenvalue weighted by Crippen LogP contribution is 2.17. The molecule has 0 aliphatic rings. The van der Waals surface area contributed by atoms with Crippen molar-refractivity contribution in [3.63, 3.8) is 0 Å². The second-order valence-electron chi connectivity index (χ2n) is 7.22. The average molecular weight is 498 g/mol. The monoisotopic (exact) mass is 498 g/mol. The molecule has 0 saturated carbocycles. The fourth-order valence-electron chi connectivity index (χ4n) is 3.44. The van der Waals surface area contributed by atoms with Gasteiger partial charge in [-0.05, 0) is 40.1 Å². The molecule has 0 amide bonds. The minimum absolute atomic E-state index is 0.550. The second-order valence-corrected chi connectivity index (χ2v) is 8.24. The van der Waals surface area contributed by atoms with Crippen LogP contribution in [0, 0.1) is 15.0 Å². The van der Waals surface area contributed by atoms with E-state index in [-0.39, 0.29) is 0 Å². The van der Waals surface area contributed by atoms with E-state index in [1.807, 2.05) is 0 Å². The summed E-state index contributed by atoms with van der Waals surface area (Å²) in [5, 5.41) is 9.41. The summed E-state index contributed by atoms with van der Waals surface area (Å²) >= 11 is 2.27. The van der Waals surface area contributed by atoms with Crippen molar-refractivity contribution in [2.45, 2.75) is 45.8 Å². The molecule has 0 aliphatic carbocycles. The van der Waals surface area contributed by atoms with Gasteiger partial charge in [0.15, 0.2) is 5.69 Å². The standard InChI is InChI=1S/C24H27IN4/c1-2-3-14-23-27-22(17-26)24(25)29(23)16-15-28(18-20-10-6-4-7-11-20)19-21-12-8-5-9-13-21/h4-13H,2-3,14-16,18-19H2,1H3. The summed E-state index contributed by atoms with van der Waals surface area (Å²) in [6, 6.07) is 23.5. The summed E-state index contributed by atoms with van der Waals surface area (Å²) in [6.45, 7) is 5.73. The summed E-state index contributed by atoms with van der Waals surface area (Å²) in [5.41, 5.74) is 3.18. The van der Waals surface area contributed by atoms with E-state index in [1.165, 1.54) is 11.1 Å². The lowest BCUT2D eigenvalue weighted by molar-refractivity contribution is 0.244. The smallest absolute Gasteiger partial charge is 0.172 e. The summed E-state index contributed by atoms with van der Waals surface area (Å²) < 4.78 is 3.19. The highest BCUT2D eigenvalue weighted by molar-refractivity contribution is 14.1. The first-order valence-electron chi connectivity index (χ1n) is 10.2. The maximum atomic E-state index is 9.41. The minimum atomic E-state index is 0.550. The Hall–Kier alpha value is -2.17. The zero-order valence-electron chi connectivity index (χ0n) is 16.9. The highest BCUT2D eigenvalue weighted by Gasteiger charge is 2.16. The van der Waals surface area contributed by atoms with Crippen LogP contribution < -0.4 is 0 Å². The van der Waals surface area contributed by atoms with E-state index < -0.39 is 0 Å². The molecule has 5 heteroatoms. The molecule has 0 radical (unpaired) electrons. The molecule has 0 spiro atoms. The number of imidazole rings is 1. The van der Waals surface area contributed by atoms with Crippen molar-refractivity contribution in [1.82, 2.24) is 14.5 Å². The quantitative estimate of drug-likeness (QED) is 0.352. The zero-order chi connectivity index (χ0) is 20.5. The van der Waals surface area contributed by atoms with Gasteiger partial charge in [0, 0.05) is 32.6 Å². The Morgan fingerprint density at radius 2 is 1.59 bits per heavy atom. The van der Waals surface area contributed by atoms with Crippen LogP contribution in [0.2, 0.25) is 0 Å². The molecule has 0 aliphatic heterocycles. The van der Waals surface area contributed by atoms with Gasteiger partial charge in [0.2, 0.25) is 0 Å². The van der Waals surface area contributed by atoms with Crippen LogP contribution in [-0.2, 0) is 26.1 Å². The fourth-order valence-corrected chi connectivity index (χ4v) is 4.20. The summed E-state index contributed by atoms with van der Waals surface area (Å²) in [5.74, 6) is 1.03. The first-order chi connectivity index (χ1) is 14.2. The topological polar surface area (TPSA) is 44.9 Å². The molecular formula is C24H27IN4. The van der Waals surface area contributed by atoms with Crippen molar-refractivity contribution in [3.8, 4) is 6.07 Å². The van der Waals surface area contributed by atoms with Gasteiger partial charge in [-0.15, -0.1) is 0 Å². The van der Waals surface area contributed by atoms with E-state index in [0.29, 0.717) is 5.69 Å². The third kappa shape index (κ3) is 6.15. The Labute approximate surface area is 187 Å². The largest absolute Gasteiger partial charge is 0.321 e. The number of nitrogens with zero attached hydrogens (tertiary/aromatic N) is 4. The number of rotatable bonds is 10. The summed E-state index contributed by atoms with van der Waals surface area (Å²) in [4.78, 5) is 7.06. The van der Waals surface area contributed by atoms with Crippen molar-refractivity contribution >= 4 is 22.6 Å². The molecule has 0 bridgehead atoms. The predicted molar refractivity (Wildman–Crippen MR) is 125 cm³/mol. The van der Waals surface area contributed by atoms with E-state index in [4.69, 9.17) is 0 Å². The molecule has 3 rings (SSSR count). The van der Waals surface area contributed by atoms with Crippen molar-refractivity contribution in [2.24, 2.45) is 0 Å². The number of benzene rings is 2. The molecule has 1 heterocycles. The molecule has 1 aromatic heterocycles. The van der Waals surface area contributed by atoms with Gasteiger partial charge in [0.05, 0.1) is 0 Å². The number of halogens is 1. The second kappa shape index (κ2) is 11.1. The lowest BCUT2D eigenvalue weighted by Crippen LogP contribution is -2.27. The van der Waals surface area contributed by atoms with Crippen LogP contribution in [0.5, 0.6) is 0 Å². The maximum absolute atomic E-state index is 9.41. The Kier molecular flexibility index (Phi) is 8.26. The van der Waals surface area contributed by atoms with Crippen LogP contribution in [0.15, 0.2) is 60.7 Å². The van der Waals surface area contributed by atoms with Gasteiger partial charge in [-0.2, -0.15) is 5.26 Å². The van der Waals surface area contributed by atoms with Crippen LogP contribution in [-0.4, -0.2) is 21.0 Å². The van der Waals surface area contributed by atoms with Crippen molar-refractivity contribution in [2.75, 3.05) is 6.54 Å². The molecular weight excluding hydrogens is 471 g/mol. The molecule has 0 unspecified atom stereocenters. The van der Waals surface area contributed by atoms with Gasteiger partial charge in [-0.25, -0.2) is 4.98 Å². The third-order valence-electron chi connectivity index (χ3n) is 4.98. The normalized spacial score (nSPS) is 11.0. The van der Waals surface area contributed by atoms with Gasteiger partial charge in [0.25, 0.3) is 0 Å². The van der Waals surface area contributed by atoms with E-state index in [2.05, 4.69) is 111 Å². The van der Waals surface area contributed by atoms with Crippen LogP contribution >= 0.6 is 22.6 Å². The number of aromatic nitrogens is 2. The van der Waals surface area contributed by atoms with Crippen LogP contribution in [0.4, 0.5) is 0 Å². The number of aryl methyl sites for hydroxylation is 1. The van der Waals surface area contributed by atoms with Crippen molar-refractivity contribution in [1.29, 1.82) is 5.26 Å². The van der Waals surface area contributed by atoms with E-state index in [0.717, 1.165) is 55.0 Å². The van der Waals surface area contributed by atoms with E-state index >= 15 is 0 Å². The lowest BCUT2D eigenvalue weighted by Gasteiger charge is -2.23. The van der Waals surface area contributed by atoms with Gasteiger partial charge >= 0.3 is 0 Å². The third-order valence-corrected chi connectivity index (χ3v) is 6.08. The minimum Gasteiger partial charge on any atom is -0.321 e. The summed E-state index contributed by atoms with van der Waals surface area (Å²) in [7, 11) is 0. The molecule has 0 N–H and O–H groups in total. The Morgan fingerprint density at radius 3 is 2.10 bits per heavy atom. The maximum Gasteiger partial charge on any atom is 0.172 e. The molecule has 0 fully saturated rings. The van der Waals surface area contributed by atoms with Gasteiger partial charge in [0.1, 0.15) is 15.6 Å². The number of unbranched alkanes of at least 4 members (excludes halogenated alkanes) is 1. The Bertz CT molecular complexity index is 887. The van der Waals surface area contributed by atoms with E-state index in [1.54, 1.807) is 0 Å². The SMILES string of the molecule is CCCCc1nc(C#N)c(I)n1CCN(Cc1ccccc1)Cc1ccccc1. The molecule has 29 heavy (non-hydrogen) atoms. The zero-order valence-corrected chi connectivity index (χ0v) is 19.0. The van der Waals surface area contributed by atoms with Gasteiger partial charge < -0.3 is 4.57 Å².